The van der Waals surface area contributed by atoms with Crippen LogP contribution in [0.1, 0.15) is 43.4 Å². The molecule has 0 aromatic heterocycles. The zero-order valence-electron chi connectivity index (χ0n) is 20.2. The number of aliphatic imine (C=N–C) groups is 1. The van der Waals surface area contributed by atoms with Crippen molar-refractivity contribution in [1.82, 2.24) is 10.2 Å². The van der Waals surface area contributed by atoms with Crippen LogP contribution in [-0.2, 0) is 25.7 Å². The van der Waals surface area contributed by atoms with Crippen LogP contribution >= 0.6 is 11.8 Å². The summed E-state index contributed by atoms with van der Waals surface area (Å²) < 4.78 is 11.4. The smallest absolute Gasteiger partial charge is 0.338 e. The fraction of sp³-hybridized carbons (Fsp3) is 0.321. The van der Waals surface area contributed by atoms with Crippen molar-refractivity contribution in [3.05, 3.63) is 94.2 Å². The molecule has 3 heterocycles. The number of benzene rings is 2. The SMILES string of the molecule is CC1=C(C(=O)OCc2ccccc2)[C@H](c2ccccc2)N2C(CC(=O)NC[C@H]3CCCO3)=CSC2=N1. The van der Waals surface area contributed by atoms with E-state index in [1.165, 1.54) is 11.8 Å². The molecule has 3 aliphatic heterocycles. The van der Waals surface area contributed by atoms with Gasteiger partial charge in [-0.2, -0.15) is 0 Å². The molecule has 1 N–H and O–H groups in total. The number of allylic oxidation sites excluding steroid dienone is 1. The summed E-state index contributed by atoms with van der Waals surface area (Å²) in [7, 11) is 0. The van der Waals surface area contributed by atoms with E-state index in [1.54, 1.807) is 0 Å². The minimum atomic E-state index is -0.436. The minimum Gasteiger partial charge on any atom is -0.457 e. The fourth-order valence-electron chi connectivity index (χ4n) is 4.64. The van der Waals surface area contributed by atoms with E-state index in [0.29, 0.717) is 17.8 Å². The lowest BCUT2D eigenvalue weighted by Crippen LogP contribution is -2.38. The van der Waals surface area contributed by atoms with Crippen molar-refractivity contribution in [2.75, 3.05) is 13.2 Å². The number of carbonyl (C=O) groups excluding carboxylic acids is 2. The highest BCUT2D eigenvalue weighted by atomic mass is 32.2. The van der Waals surface area contributed by atoms with E-state index in [0.717, 1.165) is 41.4 Å². The molecule has 0 bridgehead atoms. The first kappa shape index (κ1) is 24.3. The molecule has 1 fully saturated rings. The van der Waals surface area contributed by atoms with Crippen molar-refractivity contribution < 1.29 is 19.1 Å². The van der Waals surface area contributed by atoms with Crippen LogP contribution in [0.5, 0.6) is 0 Å². The van der Waals surface area contributed by atoms with Gasteiger partial charge >= 0.3 is 5.97 Å². The Labute approximate surface area is 215 Å². The Hall–Kier alpha value is -3.36. The van der Waals surface area contributed by atoms with Crippen molar-refractivity contribution in [3.63, 3.8) is 0 Å². The van der Waals surface area contributed by atoms with Gasteiger partial charge in [-0.1, -0.05) is 72.4 Å². The Bertz CT molecular complexity index is 1200. The summed E-state index contributed by atoms with van der Waals surface area (Å²) in [5.41, 5.74) is 3.76. The molecule has 3 aliphatic rings. The predicted octanol–water partition coefficient (Wildman–Crippen LogP) is 4.69. The first-order valence-corrected chi connectivity index (χ1v) is 13.1. The number of amides is 1. The summed E-state index contributed by atoms with van der Waals surface area (Å²) in [6.07, 6.45) is 2.27. The van der Waals surface area contributed by atoms with E-state index >= 15 is 0 Å². The van der Waals surface area contributed by atoms with Gasteiger partial charge in [0.2, 0.25) is 5.91 Å². The number of esters is 1. The van der Waals surface area contributed by atoms with Crippen LogP contribution in [0, 0.1) is 0 Å². The van der Waals surface area contributed by atoms with Gasteiger partial charge in [0.1, 0.15) is 6.61 Å². The number of rotatable bonds is 8. The van der Waals surface area contributed by atoms with E-state index in [1.807, 2.05) is 77.9 Å². The zero-order valence-corrected chi connectivity index (χ0v) is 21.0. The highest BCUT2D eigenvalue weighted by Gasteiger charge is 2.41. The summed E-state index contributed by atoms with van der Waals surface area (Å²) in [5.74, 6) is -0.489. The van der Waals surface area contributed by atoms with Gasteiger partial charge in [-0.25, -0.2) is 9.79 Å². The largest absolute Gasteiger partial charge is 0.457 e. The highest BCUT2D eigenvalue weighted by Crippen LogP contribution is 2.44. The summed E-state index contributed by atoms with van der Waals surface area (Å²) in [4.78, 5) is 33.0. The van der Waals surface area contributed by atoms with Crippen LogP contribution in [0.15, 0.2) is 88.0 Å². The van der Waals surface area contributed by atoms with Crippen LogP contribution in [-0.4, -0.2) is 41.2 Å². The Balaban J connectivity index is 1.37. The molecule has 0 aliphatic carbocycles. The van der Waals surface area contributed by atoms with E-state index in [4.69, 9.17) is 14.5 Å². The first-order valence-electron chi connectivity index (χ1n) is 12.2. The van der Waals surface area contributed by atoms with Gasteiger partial charge in [-0.05, 0) is 36.3 Å². The Morgan fingerprint density at radius 1 is 1.14 bits per heavy atom. The van der Waals surface area contributed by atoms with Crippen LogP contribution in [0.2, 0.25) is 0 Å². The molecule has 1 amide bonds. The third-order valence-corrected chi connectivity index (χ3v) is 7.33. The van der Waals surface area contributed by atoms with E-state index in [9.17, 15) is 9.59 Å². The van der Waals surface area contributed by atoms with Crippen molar-refractivity contribution in [2.24, 2.45) is 4.99 Å². The number of hydrogen-bond acceptors (Lipinski definition) is 7. The molecule has 1 saturated heterocycles. The normalized spacial score (nSPS) is 21.1. The Kier molecular flexibility index (Phi) is 7.53. The fourth-order valence-corrected chi connectivity index (χ4v) is 5.61. The number of nitrogens with one attached hydrogen (secondary N) is 1. The Morgan fingerprint density at radius 2 is 1.89 bits per heavy atom. The second kappa shape index (κ2) is 11.1. The van der Waals surface area contributed by atoms with Crippen LogP contribution in [0.4, 0.5) is 0 Å². The molecule has 0 unspecified atom stereocenters. The third kappa shape index (κ3) is 5.39. The average molecular weight is 504 g/mol. The van der Waals surface area contributed by atoms with Gasteiger partial charge < -0.3 is 19.7 Å². The topological polar surface area (TPSA) is 80.2 Å². The highest BCUT2D eigenvalue weighted by molar-refractivity contribution is 8.16. The summed E-state index contributed by atoms with van der Waals surface area (Å²) in [5, 5.41) is 5.70. The summed E-state index contributed by atoms with van der Waals surface area (Å²) in [6.45, 7) is 3.28. The molecule has 0 saturated carbocycles. The molecule has 2 aromatic rings. The van der Waals surface area contributed by atoms with Crippen LogP contribution in [0.3, 0.4) is 0 Å². The number of carbonyl (C=O) groups is 2. The quantitative estimate of drug-likeness (QED) is 0.527. The molecule has 7 nitrogen and oxygen atoms in total. The molecule has 36 heavy (non-hydrogen) atoms. The lowest BCUT2D eigenvalue weighted by atomic mass is 9.94. The summed E-state index contributed by atoms with van der Waals surface area (Å²) in [6, 6.07) is 19.0. The maximum absolute atomic E-state index is 13.4. The van der Waals surface area contributed by atoms with Crippen LogP contribution in [0.25, 0.3) is 0 Å². The van der Waals surface area contributed by atoms with Gasteiger partial charge in [-0.15, -0.1) is 0 Å². The number of fused-ring (bicyclic) bond motifs is 1. The summed E-state index contributed by atoms with van der Waals surface area (Å²) >= 11 is 1.47. The Morgan fingerprint density at radius 3 is 2.61 bits per heavy atom. The maximum Gasteiger partial charge on any atom is 0.338 e. The lowest BCUT2D eigenvalue weighted by Gasteiger charge is -2.36. The number of ether oxygens (including phenoxy) is 2. The molecule has 2 atom stereocenters. The zero-order chi connectivity index (χ0) is 24.9. The molecule has 2 aromatic carbocycles. The molecular formula is C28H29N3O4S. The standard InChI is InChI=1S/C28H29N3O4S/c1-19-25(27(33)35-17-20-9-4-2-5-10-20)26(21-11-6-3-7-12-21)31-22(18-36-28(31)30-19)15-24(32)29-16-23-13-8-14-34-23/h2-7,9-12,18,23,26H,8,13-17H2,1H3,(H,29,32)/t23-,26+/m1/s1. The van der Waals surface area contributed by atoms with Crippen molar-refractivity contribution in [3.8, 4) is 0 Å². The van der Waals surface area contributed by atoms with Crippen molar-refractivity contribution in [1.29, 1.82) is 0 Å². The second-order valence-electron chi connectivity index (χ2n) is 8.98. The average Bonchev–Trinajstić information content (AvgIpc) is 3.56. The van der Waals surface area contributed by atoms with E-state index in [-0.39, 0.29) is 25.0 Å². The molecular weight excluding hydrogens is 474 g/mol. The van der Waals surface area contributed by atoms with Gasteiger partial charge in [-0.3, -0.25) is 4.79 Å². The monoisotopic (exact) mass is 503 g/mol. The molecule has 5 rings (SSSR count). The third-order valence-electron chi connectivity index (χ3n) is 6.44. The van der Waals surface area contributed by atoms with E-state index < -0.39 is 12.0 Å². The minimum absolute atomic E-state index is 0.0788. The van der Waals surface area contributed by atoms with Crippen molar-refractivity contribution in [2.45, 2.75) is 44.9 Å². The lowest BCUT2D eigenvalue weighted by molar-refractivity contribution is -0.141. The first-order chi connectivity index (χ1) is 17.6. The molecule has 0 spiro atoms. The van der Waals surface area contributed by atoms with Crippen LogP contribution < -0.4 is 5.32 Å². The van der Waals surface area contributed by atoms with Crippen molar-refractivity contribution >= 4 is 28.8 Å². The van der Waals surface area contributed by atoms with Gasteiger partial charge in [0.25, 0.3) is 0 Å². The number of thioether (sulfide) groups is 1. The van der Waals surface area contributed by atoms with E-state index in [2.05, 4.69) is 5.32 Å². The van der Waals surface area contributed by atoms with Gasteiger partial charge in [0.15, 0.2) is 5.17 Å². The number of nitrogens with zero attached hydrogens (tertiary/aromatic N) is 2. The van der Waals surface area contributed by atoms with Gasteiger partial charge in [0.05, 0.1) is 29.8 Å². The molecule has 186 valence electrons. The van der Waals surface area contributed by atoms with Gasteiger partial charge in [0, 0.05) is 18.8 Å². The second-order valence-corrected chi connectivity index (χ2v) is 9.82. The predicted molar refractivity (Wildman–Crippen MR) is 140 cm³/mol. The number of hydrogen-bond donors (Lipinski definition) is 1. The molecule has 8 heteroatoms. The number of amidine groups is 1. The maximum atomic E-state index is 13.4. The molecule has 0 radical (unpaired) electrons.